The molecule has 2 aromatic carbocycles. The van der Waals surface area contributed by atoms with E-state index in [9.17, 15) is 0 Å². The van der Waals surface area contributed by atoms with Crippen LogP contribution in [0.3, 0.4) is 0 Å². The lowest BCUT2D eigenvalue weighted by Crippen LogP contribution is -2.39. The van der Waals surface area contributed by atoms with E-state index >= 15 is 0 Å². The van der Waals surface area contributed by atoms with Crippen LogP contribution in [0.15, 0.2) is 77.9 Å². The highest BCUT2D eigenvalue weighted by Crippen LogP contribution is 2.20. The highest BCUT2D eigenvalue weighted by atomic mass is 15.3. The Bertz CT molecular complexity index is 839. The van der Waals surface area contributed by atoms with Crippen molar-refractivity contribution in [2.24, 2.45) is 12.0 Å². The van der Waals surface area contributed by atoms with Crippen LogP contribution >= 0.6 is 0 Å². The number of guanidine groups is 1. The molecule has 0 aliphatic heterocycles. The van der Waals surface area contributed by atoms with Crippen LogP contribution in [-0.4, -0.2) is 29.3 Å². The van der Waals surface area contributed by atoms with Gasteiger partial charge in [0.05, 0.1) is 12.2 Å². The topological polar surface area (TPSA) is 54.2 Å². The SMILES string of the molecule is CN=C(NCc1ccnn1C)NCC(Cc1ccccc1)c1ccccc1. The molecule has 140 valence electrons. The van der Waals surface area contributed by atoms with Gasteiger partial charge < -0.3 is 10.6 Å². The summed E-state index contributed by atoms with van der Waals surface area (Å²) in [5.74, 6) is 1.16. The fourth-order valence-electron chi connectivity index (χ4n) is 3.12. The summed E-state index contributed by atoms with van der Waals surface area (Å²) in [5.41, 5.74) is 3.78. The van der Waals surface area contributed by atoms with Crippen LogP contribution in [0.2, 0.25) is 0 Å². The summed E-state index contributed by atoms with van der Waals surface area (Å²) in [6.07, 6.45) is 2.79. The third-order valence-corrected chi connectivity index (χ3v) is 4.69. The Hall–Kier alpha value is -3.08. The molecule has 1 heterocycles. The van der Waals surface area contributed by atoms with E-state index in [4.69, 9.17) is 0 Å². The Kier molecular flexibility index (Phi) is 6.63. The number of nitrogens with one attached hydrogen (secondary N) is 2. The first-order valence-corrected chi connectivity index (χ1v) is 9.26. The fourth-order valence-corrected chi connectivity index (χ4v) is 3.12. The molecule has 3 rings (SSSR count). The number of benzene rings is 2. The zero-order valence-corrected chi connectivity index (χ0v) is 16.0. The monoisotopic (exact) mass is 361 g/mol. The number of aliphatic imine (C=N–C) groups is 1. The summed E-state index contributed by atoms with van der Waals surface area (Å²) in [5, 5.41) is 11.0. The molecule has 0 saturated carbocycles. The Labute approximate surface area is 161 Å². The van der Waals surface area contributed by atoms with E-state index in [2.05, 4.69) is 81.4 Å². The highest BCUT2D eigenvalue weighted by Gasteiger charge is 2.13. The predicted octanol–water partition coefficient (Wildman–Crippen LogP) is 3.11. The molecule has 1 atom stereocenters. The second-order valence-corrected chi connectivity index (χ2v) is 6.55. The number of nitrogens with zero attached hydrogens (tertiary/aromatic N) is 3. The van der Waals surface area contributed by atoms with Gasteiger partial charge in [-0.2, -0.15) is 5.10 Å². The Morgan fingerprint density at radius 1 is 1.00 bits per heavy atom. The van der Waals surface area contributed by atoms with E-state index in [1.807, 2.05) is 17.8 Å². The molecule has 5 nitrogen and oxygen atoms in total. The van der Waals surface area contributed by atoms with Gasteiger partial charge in [0.2, 0.25) is 0 Å². The molecule has 0 saturated heterocycles. The molecule has 2 N–H and O–H groups in total. The number of aromatic nitrogens is 2. The van der Waals surface area contributed by atoms with Crippen molar-refractivity contribution in [3.63, 3.8) is 0 Å². The van der Waals surface area contributed by atoms with Crippen LogP contribution in [0, 0.1) is 0 Å². The van der Waals surface area contributed by atoms with Crippen LogP contribution in [-0.2, 0) is 20.0 Å². The van der Waals surface area contributed by atoms with Crippen LogP contribution in [0.1, 0.15) is 22.7 Å². The molecule has 0 amide bonds. The lowest BCUT2D eigenvalue weighted by Gasteiger charge is -2.20. The molecule has 0 spiro atoms. The summed E-state index contributed by atoms with van der Waals surface area (Å²) >= 11 is 0. The Morgan fingerprint density at radius 2 is 1.70 bits per heavy atom. The standard InChI is InChI=1S/C22H27N5/c1-23-22(25-17-21-13-14-26-27(21)2)24-16-20(19-11-7-4-8-12-19)15-18-9-5-3-6-10-18/h3-14,20H,15-17H2,1-2H3,(H2,23,24,25). The van der Waals surface area contributed by atoms with Gasteiger partial charge in [0.1, 0.15) is 0 Å². The highest BCUT2D eigenvalue weighted by molar-refractivity contribution is 5.79. The van der Waals surface area contributed by atoms with Gasteiger partial charge in [0.15, 0.2) is 5.96 Å². The van der Waals surface area contributed by atoms with Gasteiger partial charge in [0, 0.05) is 32.8 Å². The van der Waals surface area contributed by atoms with Gasteiger partial charge in [-0.25, -0.2) is 0 Å². The van der Waals surface area contributed by atoms with Crippen LogP contribution in [0.25, 0.3) is 0 Å². The molecular formula is C22H27N5. The lowest BCUT2D eigenvalue weighted by atomic mass is 9.92. The summed E-state index contributed by atoms with van der Waals surface area (Å²) in [6, 6.07) is 23.3. The number of hydrogen-bond donors (Lipinski definition) is 2. The van der Waals surface area contributed by atoms with E-state index in [0.717, 1.165) is 24.6 Å². The van der Waals surface area contributed by atoms with Gasteiger partial charge in [-0.3, -0.25) is 9.67 Å². The first-order valence-electron chi connectivity index (χ1n) is 9.26. The third-order valence-electron chi connectivity index (χ3n) is 4.69. The van der Waals surface area contributed by atoms with E-state index < -0.39 is 0 Å². The largest absolute Gasteiger partial charge is 0.356 e. The number of aryl methyl sites for hydroxylation is 1. The minimum atomic E-state index is 0.365. The van der Waals surface area contributed by atoms with Crippen LogP contribution in [0.5, 0.6) is 0 Å². The number of rotatable bonds is 7. The molecule has 0 radical (unpaired) electrons. The summed E-state index contributed by atoms with van der Waals surface area (Å²) < 4.78 is 1.86. The molecule has 3 aromatic rings. The van der Waals surface area contributed by atoms with Crippen LogP contribution in [0.4, 0.5) is 0 Å². The van der Waals surface area contributed by atoms with Crippen molar-refractivity contribution in [3.8, 4) is 0 Å². The van der Waals surface area contributed by atoms with Crippen molar-refractivity contribution in [2.45, 2.75) is 18.9 Å². The summed E-state index contributed by atoms with van der Waals surface area (Å²) in [6.45, 7) is 1.49. The first kappa shape index (κ1) is 18.7. The predicted molar refractivity (Wildman–Crippen MR) is 111 cm³/mol. The molecule has 0 aliphatic rings. The quantitative estimate of drug-likeness (QED) is 0.502. The second kappa shape index (κ2) is 9.57. The van der Waals surface area contributed by atoms with Gasteiger partial charge in [-0.1, -0.05) is 60.7 Å². The van der Waals surface area contributed by atoms with Crippen molar-refractivity contribution in [1.82, 2.24) is 20.4 Å². The van der Waals surface area contributed by atoms with Crippen molar-refractivity contribution >= 4 is 5.96 Å². The first-order chi connectivity index (χ1) is 13.3. The van der Waals surface area contributed by atoms with Crippen molar-refractivity contribution < 1.29 is 0 Å². The van der Waals surface area contributed by atoms with E-state index in [1.54, 1.807) is 13.2 Å². The number of hydrogen-bond acceptors (Lipinski definition) is 2. The molecular weight excluding hydrogens is 334 g/mol. The van der Waals surface area contributed by atoms with Gasteiger partial charge in [-0.15, -0.1) is 0 Å². The van der Waals surface area contributed by atoms with Gasteiger partial charge >= 0.3 is 0 Å². The maximum Gasteiger partial charge on any atom is 0.191 e. The Morgan fingerprint density at radius 3 is 2.33 bits per heavy atom. The van der Waals surface area contributed by atoms with Gasteiger partial charge in [-0.05, 0) is 23.6 Å². The molecule has 0 aliphatic carbocycles. The second-order valence-electron chi connectivity index (χ2n) is 6.55. The van der Waals surface area contributed by atoms with E-state index in [1.165, 1.54) is 11.1 Å². The van der Waals surface area contributed by atoms with E-state index in [0.29, 0.717) is 12.5 Å². The smallest absolute Gasteiger partial charge is 0.191 e. The molecule has 27 heavy (non-hydrogen) atoms. The minimum Gasteiger partial charge on any atom is -0.356 e. The van der Waals surface area contributed by atoms with Gasteiger partial charge in [0.25, 0.3) is 0 Å². The van der Waals surface area contributed by atoms with Crippen LogP contribution < -0.4 is 10.6 Å². The molecule has 1 unspecified atom stereocenters. The van der Waals surface area contributed by atoms with Crippen molar-refractivity contribution in [1.29, 1.82) is 0 Å². The minimum absolute atomic E-state index is 0.365. The lowest BCUT2D eigenvalue weighted by molar-refractivity contribution is 0.637. The zero-order valence-electron chi connectivity index (χ0n) is 16.0. The molecule has 0 fully saturated rings. The zero-order chi connectivity index (χ0) is 18.9. The molecule has 1 aromatic heterocycles. The summed E-state index contributed by atoms with van der Waals surface area (Å²) in [4.78, 5) is 4.35. The average molecular weight is 361 g/mol. The normalized spacial score (nSPS) is 12.6. The maximum absolute atomic E-state index is 4.35. The molecule has 5 heteroatoms. The van der Waals surface area contributed by atoms with Crippen molar-refractivity contribution in [2.75, 3.05) is 13.6 Å². The molecule has 0 bridgehead atoms. The maximum atomic E-state index is 4.35. The average Bonchev–Trinajstić information content (AvgIpc) is 3.13. The van der Waals surface area contributed by atoms with Crippen molar-refractivity contribution in [3.05, 3.63) is 89.7 Å². The van der Waals surface area contributed by atoms with E-state index in [-0.39, 0.29) is 0 Å². The Balaban J connectivity index is 1.63. The third kappa shape index (κ3) is 5.45. The fraction of sp³-hybridized carbons (Fsp3) is 0.273. The summed E-state index contributed by atoms with van der Waals surface area (Å²) in [7, 11) is 3.74.